The van der Waals surface area contributed by atoms with Crippen LogP contribution in [0.2, 0.25) is 0 Å². The predicted molar refractivity (Wildman–Crippen MR) is 94.3 cm³/mol. The maximum absolute atomic E-state index is 12.1. The second kappa shape index (κ2) is 8.97. The van der Waals surface area contributed by atoms with Gasteiger partial charge in [-0.3, -0.25) is 4.79 Å². The summed E-state index contributed by atoms with van der Waals surface area (Å²) < 4.78 is 6.05. The molecular formula is C20H32O2. The van der Waals surface area contributed by atoms with Crippen molar-refractivity contribution in [1.82, 2.24) is 0 Å². The van der Waals surface area contributed by atoms with E-state index in [0.29, 0.717) is 18.4 Å². The third-order valence-electron chi connectivity index (χ3n) is 4.05. The summed E-state index contributed by atoms with van der Waals surface area (Å²) in [6, 6.07) is 4.23. The minimum atomic E-state index is 0.0907. The molecule has 0 N–H and O–H groups in total. The highest BCUT2D eigenvalue weighted by molar-refractivity contribution is 5.97. The molecule has 1 aromatic rings. The average Bonchev–Trinajstić information content (AvgIpc) is 2.45. The lowest BCUT2D eigenvalue weighted by Gasteiger charge is -2.20. The number of Topliss-reactive ketones (excluding diaryl/α,β-unsaturated/α-hetero) is 1. The molecule has 0 heterocycles. The average molecular weight is 304 g/mol. The van der Waals surface area contributed by atoms with Gasteiger partial charge in [-0.25, -0.2) is 0 Å². The SMILES string of the molecule is CCCCCCOc1c(C(C)=O)cc(C(C)C)cc1C(C)C. The Kier molecular flexibility index (Phi) is 7.64. The molecule has 0 bridgehead atoms. The summed E-state index contributed by atoms with van der Waals surface area (Å²) in [5.74, 6) is 1.66. The number of carbonyl (C=O) groups excluding carboxylic acids is 1. The van der Waals surface area contributed by atoms with E-state index in [-0.39, 0.29) is 5.78 Å². The maximum Gasteiger partial charge on any atom is 0.163 e. The van der Waals surface area contributed by atoms with Crippen molar-refractivity contribution in [2.75, 3.05) is 6.61 Å². The molecule has 0 spiro atoms. The number of ketones is 1. The van der Waals surface area contributed by atoms with Gasteiger partial charge in [-0.1, -0.05) is 59.9 Å². The Morgan fingerprint density at radius 2 is 1.73 bits per heavy atom. The summed E-state index contributed by atoms with van der Waals surface area (Å²) in [5.41, 5.74) is 3.12. The molecule has 124 valence electrons. The van der Waals surface area contributed by atoms with Crippen LogP contribution < -0.4 is 4.74 Å². The zero-order valence-electron chi connectivity index (χ0n) is 15.2. The second-order valence-electron chi connectivity index (χ2n) is 6.76. The van der Waals surface area contributed by atoms with Crippen LogP contribution in [-0.4, -0.2) is 12.4 Å². The third kappa shape index (κ3) is 5.15. The molecular weight excluding hydrogens is 272 g/mol. The standard InChI is InChI=1S/C20H32O2/c1-7-8-9-10-11-22-20-18(15(4)5)12-17(14(2)3)13-19(20)16(6)21/h12-15H,7-11H2,1-6H3. The van der Waals surface area contributed by atoms with Crippen molar-refractivity contribution < 1.29 is 9.53 Å². The van der Waals surface area contributed by atoms with Gasteiger partial charge in [-0.15, -0.1) is 0 Å². The molecule has 2 nitrogen and oxygen atoms in total. The minimum Gasteiger partial charge on any atom is -0.493 e. The van der Waals surface area contributed by atoms with E-state index in [1.165, 1.54) is 24.8 Å². The van der Waals surface area contributed by atoms with E-state index in [1.54, 1.807) is 6.92 Å². The molecule has 0 aliphatic carbocycles. The van der Waals surface area contributed by atoms with E-state index >= 15 is 0 Å². The molecule has 0 aromatic heterocycles. The molecule has 0 aliphatic rings. The summed E-state index contributed by atoms with van der Waals surface area (Å²) in [6.45, 7) is 13.2. The fraction of sp³-hybridized carbons (Fsp3) is 0.650. The normalized spacial score (nSPS) is 11.3. The van der Waals surface area contributed by atoms with E-state index in [9.17, 15) is 4.79 Å². The van der Waals surface area contributed by atoms with Crippen molar-refractivity contribution in [3.63, 3.8) is 0 Å². The van der Waals surface area contributed by atoms with Gasteiger partial charge in [0.15, 0.2) is 5.78 Å². The molecule has 0 saturated heterocycles. The zero-order valence-corrected chi connectivity index (χ0v) is 15.2. The van der Waals surface area contributed by atoms with Gasteiger partial charge >= 0.3 is 0 Å². The Labute approximate surface area is 136 Å². The molecule has 0 fully saturated rings. The van der Waals surface area contributed by atoms with Crippen LogP contribution in [0.3, 0.4) is 0 Å². The van der Waals surface area contributed by atoms with Gasteiger partial charge in [0.2, 0.25) is 0 Å². The molecule has 0 atom stereocenters. The van der Waals surface area contributed by atoms with E-state index in [4.69, 9.17) is 4.74 Å². The Hall–Kier alpha value is -1.31. The zero-order chi connectivity index (χ0) is 16.7. The summed E-state index contributed by atoms with van der Waals surface area (Å²) in [6.07, 6.45) is 4.70. The summed E-state index contributed by atoms with van der Waals surface area (Å²) in [7, 11) is 0. The summed E-state index contributed by atoms with van der Waals surface area (Å²) in [5, 5.41) is 0. The number of ether oxygens (including phenoxy) is 1. The van der Waals surface area contributed by atoms with E-state index in [2.05, 4.69) is 40.7 Å². The largest absolute Gasteiger partial charge is 0.493 e. The second-order valence-corrected chi connectivity index (χ2v) is 6.76. The van der Waals surface area contributed by atoms with Crippen LogP contribution in [0.1, 0.15) is 101 Å². The number of hydrogen-bond acceptors (Lipinski definition) is 2. The Morgan fingerprint density at radius 3 is 2.23 bits per heavy atom. The molecule has 0 aliphatic heterocycles. The lowest BCUT2D eigenvalue weighted by molar-refractivity contribution is 0.101. The number of rotatable bonds is 9. The number of carbonyl (C=O) groups is 1. The van der Waals surface area contributed by atoms with Crippen LogP contribution in [0, 0.1) is 0 Å². The maximum atomic E-state index is 12.1. The Morgan fingerprint density at radius 1 is 1.05 bits per heavy atom. The van der Waals surface area contributed by atoms with Gasteiger partial charge in [-0.2, -0.15) is 0 Å². The Bertz CT molecular complexity index is 487. The molecule has 0 amide bonds. The van der Waals surface area contributed by atoms with Crippen LogP contribution in [0.5, 0.6) is 5.75 Å². The smallest absolute Gasteiger partial charge is 0.163 e. The van der Waals surface area contributed by atoms with Gasteiger partial charge in [0, 0.05) is 0 Å². The van der Waals surface area contributed by atoms with Crippen LogP contribution in [0.4, 0.5) is 0 Å². The molecule has 2 heteroatoms. The van der Waals surface area contributed by atoms with Gasteiger partial charge in [-0.05, 0) is 42.4 Å². The fourth-order valence-electron chi connectivity index (χ4n) is 2.56. The topological polar surface area (TPSA) is 26.3 Å². The van der Waals surface area contributed by atoms with Gasteiger partial charge in [0.05, 0.1) is 12.2 Å². The first kappa shape index (κ1) is 18.7. The molecule has 1 rings (SSSR count). The van der Waals surface area contributed by atoms with Crippen molar-refractivity contribution in [3.8, 4) is 5.75 Å². The summed E-state index contributed by atoms with van der Waals surface area (Å²) in [4.78, 5) is 12.1. The van der Waals surface area contributed by atoms with Crippen molar-refractivity contribution >= 4 is 5.78 Å². The van der Waals surface area contributed by atoms with Crippen molar-refractivity contribution in [3.05, 3.63) is 28.8 Å². The quantitative estimate of drug-likeness (QED) is 0.407. The van der Waals surface area contributed by atoms with Crippen LogP contribution in [0.15, 0.2) is 12.1 Å². The minimum absolute atomic E-state index is 0.0907. The third-order valence-corrected chi connectivity index (χ3v) is 4.05. The number of unbranched alkanes of at least 4 members (excludes halogenated alkanes) is 3. The molecule has 0 radical (unpaired) electrons. The highest BCUT2D eigenvalue weighted by atomic mass is 16.5. The summed E-state index contributed by atoms with van der Waals surface area (Å²) >= 11 is 0. The van der Waals surface area contributed by atoms with E-state index in [1.807, 2.05) is 6.07 Å². The van der Waals surface area contributed by atoms with Gasteiger partial charge < -0.3 is 4.74 Å². The highest BCUT2D eigenvalue weighted by Crippen LogP contribution is 2.34. The molecule has 0 saturated carbocycles. The molecule has 22 heavy (non-hydrogen) atoms. The van der Waals surface area contributed by atoms with Crippen molar-refractivity contribution in [2.45, 2.75) is 79.1 Å². The van der Waals surface area contributed by atoms with Gasteiger partial charge in [0.1, 0.15) is 5.75 Å². The first-order valence-corrected chi connectivity index (χ1v) is 8.70. The van der Waals surface area contributed by atoms with Crippen molar-refractivity contribution in [1.29, 1.82) is 0 Å². The molecule has 1 aromatic carbocycles. The number of hydrogen-bond donors (Lipinski definition) is 0. The predicted octanol–water partition coefficient (Wildman–Crippen LogP) is 6.10. The van der Waals surface area contributed by atoms with Crippen LogP contribution in [-0.2, 0) is 0 Å². The van der Waals surface area contributed by atoms with Crippen LogP contribution in [0.25, 0.3) is 0 Å². The van der Waals surface area contributed by atoms with Gasteiger partial charge in [0.25, 0.3) is 0 Å². The number of benzene rings is 1. The first-order valence-electron chi connectivity index (χ1n) is 8.70. The van der Waals surface area contributed by atoms with E-state index < -0.39 is 0 Å². The van der Waals surface area contributed by atoms with Crippen molar-refractivity contribution in [2.24, 2.45) is 0 Å². The highest BCUT2D eigenvalue weighted by Gasteiger charge is 2.18. The first-order chi connectivity index (χ1) is 10.4. The lowest BCUT2D eigenvalue weighted by atomic mass is 9.91. The lowest BCUT2D eigenvalue weighted by Crippen LogP contribution is -2.09. The van der Waals surface area contributed by atoms with Crippen LogP contribution >= 0.6 is 0 Å². The van der Waals surface area contributed by atoms with E-state index in [0.717, 1.165) is 23.3 Å². The monoisotopic (exact) mass is 304 g/mol. The molecule has 0 unspecified atom stereocenters. The Balaban J connectivity index is 3.07. The fourth-order valence-corrected chi connectivity index (χ4v) is 2.56.